The van der Waals surface area contributed by atoms with Gasteiger partial charge in [-0.3, -0.25) is 4.79 Å². The number of nitriles is 1. The Morgan fingerprint density at radius 2 is 1.88 bits per heavy atom. The number of hydrogen-bond donors (Lipinski definition) is 1. The maximum atomic E-state index is 17.3. The molecule has 6 rings (SSSR count). The lowest BCUT2D eigenvalue weighted by Crippen LogP contribution is -2.73. The van der Waals surface area contributed by atoms with Crippen molar-refractivity contribution in [1.29, 1.82) is 5.26 Å². The Labute approximate surface area is 192 Å². The highest BCUT2D eigenvalue weighted by Gasteiger charge is 2.86. The first-order valence-electron chi connectivity index (χ1n) is 12.0. The number of halogens is 2. The van der Waals surface area contributed by atoms with Gasteiger partial charge in [-0.15, -0.1) is 0 Å². The van der Waals surface area contributed by atoms with Crippen LogP contribution in [0.1, 0.15) is 53.4 Å². The van der Waals surface area contributed by atoms with Crippen LogP contribution in [0.5, 0.6) is 0 Å². The third-order valence-electron chi connectivity index (χ3n) is 10.3. The molecule has 180 valence electrons. The minimum atomic E-state index is -2.11. The van der Waals surface area contributed by atoms with Crippen LogP contribution in [0, 0.1) is 39.9 Å². The van der Waals surface area contributed by atoms with Crippen LogP contribution >= 0.6 is 0 Å². The first-order chi connectivity index (χ1) is 15.3. The zero-order valence-electron chi connectivity index (χ0n) is 19.4. The van der Waals surface area contributed by atoms with Gasteiger partial charge in [0.05, 0.1) is 18.8 Å². The largest absolute Gasteiger partial charge is 0.390 e. The molecule has 6 nitrogen and oxygen atoms in total. The van der Waals surface area contributed by atoms with Gasteiger partial charge in [0.2, 0.25) is 5.60 Å². The number of ether oxygens (including phenoxy) is 3. The quantitative estimate of drug-likeness (QED) is 0.601. The van der Waals surface area contributed by atoms with Gasteiger partial charge in [-0.05, 0) is 45.1 Å². The minimum Gasteiger partial charge on any atom is -0.390 e. The van der Waals surface area contributed by atoms with Crippen molar-refractivity contribution in [3.05, 3.63) is 12.2 Å². The third kappa shape index (κ3) is 2.24. The van der Waals surface area contributed by atoms with Crippen LogP contribution in [0.15, 0.2) is 12.2 Å². The summed E-state index contributed by atoms with van der Waals surface area (Å²) in [6.45, 7) is 7.32. The number of nitrogens with zero attached hydrogens (tertiary/aromatic N) is 1. The lowest BCUT2D eigenvalue weighted by atomic mass is 9.42. The van der Waals surface area contributed by atoms with Crippen molar-refractivity contribution >= 4 is 5.78 Å². The molecule has 0 radical (unpaired) electrons. The third-order valence-corrected chi connectivity index (χ3v) is 10.3. The fourth-order valence-electron chi connectivity index (χ4n) is 8.91. The van der Waals surface area contributed by atoms with E-state index in [1.165, 1.54) is 12.2 Å². The van der Waals surface area contributed by atoms with Crippen molar-refractivity contribution in [3.8, 4) is 6.07 Å². The Morgan fingerprint density at radius 1 is 1.18 bits per heavy atom. The number of alkyl halides is 2. The molecule has 3 saturated carbocycles. The Hall–Kier alpha value is -1.40. The number of aliphatic hydroxyl groups excluding tert-OH is 1. The highest BCUT2D eigenvalue weighted by Crippen LogP contribution is 2.75. The molecule has 0 spiro atoms. The first kappa shape index (κ1) is 22.1. The second kappa shape index (κ2) is 6.04. The summed E-state index contributed by atoms with van der Waals surface area (Å²) in [7, 11) is 0. The van der Waals surface area contributed by atoms with E-state index in [1.54, 1.807) is 20.8 Å². The lowest BCUT2D eigenvalue weighted by Gasteiger charge is -2.65. The van der Waals surface area contributed by atoms with Crippen molar-refractivity contribution in [2.24, 2.45) is 28.6 Å². The van der Waals surface area contributed by atoms with E-state index in [1.807, 2.05) is 6.92 Å². The first-order valence-corrected chi connectivity index (χ1v) is 12.0. The number of carbonyl (C=O) groups is 1. The van der Waals surface area contributed by atoms with E-state index in [-0.39, 0.29) is 37.6 Å². The standard InChI is InChI=1S/C25H31F2NO5/c1-20(2)32-19-9-14-15-8-17(26)16-7-13(29)5-6-21(16,3)24(15,27)18(30)10-22(14,4)25(19,33-20)23(11-28)12-31-23/h5-6,14-19,30H,7-10,12H2,1-4H3/t14-,15-,16?,17-,18-,19+,21-,22-,23?,24-,25+/m0/s1. The fourth-order valence-corrected chi connectivity index (χ4v) is 8.91. The molecule has 11 atom stereocenters. The summed E-state index contributed by atoms with van der Waals surface area (Å²) >= 11 is 0. The molecular weight excluding hydrogens is 432 g/mol. The molecule has 6 aliphatic rings. The van der Waals surface area contributed by atoms with Crippen molar-refractivity contribution in [2.45, 2.75) is 94.4 Å². The van der Waals surface area contributed by atoms with Gasteiger partial charge in [0, 0.05) is 29.1 Å². The van der Waals surface area contributed by atoms with E-state index >= 15 is 8.78 Å². The number of hydrogen-bond acceptors (Lipinski definition) is 6. The Bertz CT molecular complexity index is 1010. The molecule has 0 bridgehead atoms. The molecule has 2 heterocycles. The number of fused-ring (bicyclic) bond motifs is 7. The van der Waals surface area contributed by atoms with E-state index in [4.69, 9.17) is 14.2 Å². The lowest BCUT2D eigenvalue weighted by molar-refractivity contribution is -0.275. The number of allylic oxidation sites excluding steroid dienone is 2. The van der Waals surface area contributed by atoms with Crippen molar-refractivity contribution in [2.75, 3.05) is 6.61 Å². The maximum absolute atomic E-state index is 17.3. The predicted octanol–water partition coefficient (Wildman–Crippen LogP) is 3.18. The molecule has 2 unspecified atom stereocenters. The molecule has 5 fully saturated rings. The fraction of sp³-hybridized carbons (Fsp3) is 0.840. The Kier molecular flexibility index (Phi) is 4.05. The molecule has 0 amide bonds. The van der Waals surface area contributed by atoms with Gasteiger partial charge in [0.1, 0.15) is 23.5 Å². The smallest absolute Gasteiger partial charge is 0.209 e. The van der Waals surface area contributed by atoms with Crippen LogP contribution in [0.25, 0.3) is 0 Å². The zero-order chi connectivity index (χ0) is 23.8. The van der Waals surface area contributed by atoms with E-state index in [0.717, 1.165) is 0 Å². The van der Waals surface area contributed by atoms with Crippen molar-refractivity contribution in [1.82, 2.24) is 0 Å². The summed E-state index contributed by atoms with van der Waals surface area (Å²) in [4.78, 5) is 12.1. The molecular formula is C25H31F2NO5. The van der Waals surface area contributed by atoms with Crippen LogP contribution in [0.4, 0.5) is 8.78 Å². The normalized spacial score (nSPS) is 60.4. The molecule has 0 aromatic heterocycles. The summed E-state index contributed by atoms with van der Waals surface area (Å²) in [6, 6.07) is 2.29. The second-order valence-corrected chi connectivity index (χ2v) is 12.1. The zero-order valence-corrected chi connectivity index (χ0v) is 19.4. The Morgan fingerprint density at radius 3 is 2.52 bits per heavy atom. The van der Waals surface area contributed by atoms with Gasteiger partial charge in [0.15, 0.2) is 11.6 Å². The van der Waals surface area contributed by atoms with E-state index in [0.29, 0.717) is 6.42 Å². The molecule has 2 saturated heterocycles. The van der Waals surface area contributed by atoms with Gasteiger partial charge >= 0.3 is 0 Å². The van der Waals surface area contributed by atoms with Crippen LogP contribution in [-0.4, -0.2) is 58.5 Å². The topological polar surface area (TPSA) is 92.1 Å². The van der Waals surface area contributed by atoms with E-state index < -0.39 is 63.7 Å². The molecule has 2 aliphatic heterocycles. The summed E-state index contributed by atoms with van der Waals surface area (Å²) in [5.74, 6) is -3.19. The van der Waals surface area contributed by atoms with Gasteiger partial charge in [0.25, 0.3) is 0 Å². The minimum absolute atomic E-state index is 0.0362. The van der Waals surface area contributed by atoms with Crippen LogP contribution < -0.4 is 0 Å². The highest BCUT2D eigenvalue weighted by molar-refractivity contribution is 5.91. The maximum Gasteiger partial charge on any atom is 0.209 e. The summed E-state index contributed by atoms with van der Waals surface area (Å²) in [6.07, 6.45) is -0.192. The average Bonchev–Trinajstić information content (AvgIpc) is 3.43. The van der Waals surface area contributed by atoms with E-state index in [9.17, 15) is 15.2 Å². The predicted molar refractivity (Wildman–Crippen MR) is 111 cm³/mol. The summed E-state index contributed by atoms with van der Waals surface area (Å²) in [5, 5.41) is 21.6. The van der Waals surface area contributed by atoms with Crippen LogP contribution in [0.3, 0.4) is 0 Å². The van der Waals surface area contributed by atoms with Crippen LogP contribution in [-0.2, 0) is 19.0 Å². The molecule has 4 aliphatic carbocycles. The van der Waals surface area contributed by atoms with Gasteiger partial charge in [-0.25, -0.2) is 8.78 Å². The average molecular weight is 464 g/mol. The van der Waals surface area contributed by atoms with Crippen LogP contribution in [0.2, 0.25) is 0 Å². The number of carbonyl (C=O) groups excluding carboxylic acids is 1. The van der Waals surface area contributed by atoms with Gasteiger partial charge in [-0.2, -0.15) is 5.26 Å². The monoisotopic (exact) mass is 463 g/mol. The number of ketones is 1. The summed E-state index contributed by atoms with van der Waals surface area (Å²) < 4.78 is 51.5. The molecule has 0 aromatic carbocycles. The number of rotatable bonds is 1. The second-order valence-electron chi connectivity index (χ2n) is 12.1. The van der Waals surface area contributed by atoms with Gasteiger partial charge in [-0.1, -0.05) is 19.9 Å². The molecule has 0 aromatic rings. The SMILES string of the molecule is CC1(C)O[C@@H]2C[C@H]3[C@@H]4C[C@H](F)C5CC(=O)C=C[C@]5(C)[C@@]4(F)[C@@H](O)C[C@]3(C)[C@]2(C2(C#N)CO2)O1. The highest BCUT2D eigenvalue weighted by atomic mass is 19.1. The molecule has 1 N–H and O–H groups in total. The van der Waals surface area contributed by atoms with Crippen molar-refractivity contribution < 1.29 is 32.9 Å². The van der Waals surface area contributed by atoms with E-state index in [2.05, 4.69) is 6.07 Å². The number of epoxide rings is 1. The van der Waals surface area contributed by atoms with Gasteiger partial charge < -0.3 is 19.3 Å². The molecule has 8 heteroatoms. The number of aliphatic hydroxyl groups is 1. The summed E-state index contributed by atoms with van der Waals surface area (Å²) in [5.41, 5.74) is -6.71. The van der Waals surface area contributed by atoms with Crippen molar-refractivity contribution in [3.63, 3.8) is 0 Å². The Balaban J connectivity index is 1.51. The molecule has 33 heavy (non-hydrogen) atoms.